The summed E-state index contributed by atoms with van der Waals surface area (Å²) < 4.78 is 0. The van der Waals surface area contributed by atoms with Crippen LogP contribution in [-0.2, 0) is 0 Å². The third-order valence-corrected chi connectivity index (χ3v) is 0. The molecular weight excluding hydrogens is 245 g/mol. The van der Waals surface area contributed by atoms with E-state index in [9.17, 15) is 0 Å². The fraction of sp³-hybridized carbons (Fsp3) is 0. The van der Waals surface area contributed by atoms with Gasteiger partial charge in [-0.1, -0.05) is 0 Å². The molecule has 0 fully saturated rings. The molecule has 0 saturated heterocycles. The Labute approximate surface area is 79.8 Å². The monoisotopic (exact) mass is 256 g/mol. The van der Waals surface area contributed by atoms with Gasteiger partial charge < -0.3 is 13.8 Å². The Morgan fingerprint density at radius 1 is 1.00 bits per heavy atom. The van der Waals surface area contributed by atoms with Crippen LogP contribution in [0, 0.1) is 0 Å². The standard InChI is InChI=1S/Ga.Mg.2H2O.Sn.7H/h;;2*1H2;;;;;;;;/q;+2;;;;;;;;;2*-1. The van der Waals surface area contributed by atoms with E-state index in [-0.39, 0.29) is 80.6 Å². The molecule has 0 rings (SSSR count). The Hall–Kier alpha value is 2.12. The van der Waals surface area contributed by atoms with Gasteiger partial charge in [-0.15, -0.1) is 0 Å². The molecule has 2 nitrogen and oxygen atoms in total. The van der Waals surface area contributed by atoms with Crippen LogP contribution in [-0.4, -0.2) is 77.7 Å². The molecule has 32 valence electrons. The van der Waals surface area contributed by atoms with E-state index >= 15 is 0 Å². The average Bonchev–Trinajstić information content (AvgIpc) is 0. The molecule has 0 aliphatic carbocycles. The molecule has 0 aromatic carbocycles. The molecule has 0 heterocycles. The van der Waals surface area contributed by atoms with Crippen LogP contribution in [0.3, 0.4) is 0 Å². The molecule has 5 heteroatoms. The van der Waals surface area contributed by atoms with Gasteiger partial charge in [-0.3, -0.25) is 0 Å². The first-order chi connectivity index (χ1) is 0. The van der Waals surface area contributed by atoms with Crippen LogP contribution >= 0.6 is 0 Å². The van der Waals surface area contributed by atoms with Crippen LogP contribution in [0.1, 0.15) is 2.85 Å². The molecular formula is H11GaMgO2Sn. The predicted octanol–water partition coefficient (Wildman–Crippen LogP) is -3.91. The maximum atomic E-state index is 0. The van der Waals surface area contributed by atoms with Gasteiger partial charge >= 0.3 is 66.8 Å². The fourth-order valence-electron chi connectivity index (χ4n) is 0. The summed E-state index contributed by atoms with van der Waals surface area (Å²) in [5, 5.41) is 0. The van der Waals surface area contributed by atoms with Crippen molar-refractivity contribution in [1.29, 1.82) is 0 Å². The first-order valence-corrected chi connectivity index (χ1v) is 0. The normalized spacial score (nSPS) is 0. The Bertz CT molecular complexity index is 15.7. The summed E-state index contributed by atoms with van der Waals surface area (Å²) in [4.78, 5) is 0. The topological polar surface area (TPSA) is 63.0 Å². The van der Waals surface area contributed by atoms with Crippen molar-refractivity contribution in [1.82, 2.24) is 0 Å². The van der Waals surface area contributed by atoms with E-state index in [1.807, 2.05) is 0 Å². The Kier molecular flexibility index (Phi) is 423. The van der Waals surface area contributed by atoms with E-state index in [1.165, 1.54) is 0 Å². The Balaban J connectivity index is 0. The quantitative estimate of drug-likeness (QED) is 0.398. The SMILES string of the molecule is O.O.[GaH3].[H-].[H-].[Mg+2].[SnH2]. The number of hydrogen-bond acceptors (Lipinski definition) is 0. The fourth-order valence-corrected chi connectivity index (χ4v) is 0. The second-order valence-corrected chi connectivity index (χ2v) is 0. The molecule has 0 aliphatic heterocycles. The number of hydrogen-bond donors (Lipinski definition) is 0. The molecule has 2 radical (unpaired) electrons. The Morgan fingerprint density at radius 3 is 1.00 bits per heavy atom. The molecule has 4 N–H and O–H groups in total. The van der Waals surface area contributed by atoms with Crippen LogP contribution in [0.15, 0.2) is 0 Å². The molecule has 0 bridgehead atoms. The molecule has 0 aliphatic rings. The van der Waals surface area contributed by atoms with Crippen LogP contribution in [0.2, 0.25) is 0 Å². The third kappa shape index (κ3) is 23.1. The van der Waals surface area contributed by atoms with E-state index in [0.717, 1.165) is 0 Å². The second-order valence-electron chi connectivity index (χ2n) is 0. The van der Waals surface area contributed by atoms with Crippen molar-refractivity contribution in [2.75, 3.05) is 0 Å². The van der Waals surface area contributed by atoms with Gasteiger partial charge in [0, 0.05) is 0 Å². The van der Waals surface area contributed by atoms with Gasteiger partial charge in [-0.05, 0) is 0 Å². The minimum atomic E-state index is 0. The molecule has 0 saturated carbocycles. The zero-order chi connectivity index (χ0) is 0. The summed E-state index contributed by atoms with van der Waals surface area (Å²) in [5.41, 5.74) is 0. The maximum absolute atomic E-state index is 0. The van der Waals surface area contributed by atoms with Crippen LogP contribution in [0.25, 0.3) is 0 Å². The summed E-state index contributed by atoms with van der Waals surface area (Å²) in [6, 6.07) is 0. The number of rotatable bonds is 0. The van der Waals surface area contributed by atoms with Crippen LogP contribution in [0.4, 0.5) is 0 Å². The van der Waals surface area contributed by atoms with E-state index in [4.69, 9.17) is 0 Å². The molecule has 0 unspecified atom stereocenters. The summed E-state index contributed by atoms with van der Waals surface area (Å²) in [6.45, 7) is 0. The summed E-state index contributed by atoms with van der Waals surface area (Å²) in [7, 11) is 0. The summed E-state index contributed by atoms with van der Waals surface area (Å²) >= 11 is 0. The zero-order valence-corrected chi connectivity index (χ0v) is 7.86. The molecule has 0 amide bonds. The predicted molar refractivity (Wildman–Crippen MR) is 33.7 cm³/mol. The van der Waals surface area contributed by atoms with Gasteiger partial charge in [0.25, 0.3) is 0 Å². The summed E-state index contributed by atoms with van der Waals surface area (Å²) in [5.74, 6) is 0. The van der Waals surface area contributed by atoms with Gasteiger partial charge in [-0.2, -0.15) is 0 Å². The second kappa shape index (κ2) is 35.7. The molecule has 0 spiro atoms. The van der Waals surface area contributed by atoms with E-state index < -0.39 is 0 Å². The van der Waals surface area contributed by atoms with Gasteiger partial charge in [0.2, 0.25) is 0 Å². The zero-order valence-electron chi connectivity index (χ0n) is 4.41. The van der Waals surface area contributed by atoms with Gasteiger partial charge in [0.1, 0.15) is 0 Å². The average molecular weight is 256 g/mol. The van der Waals surface area contributed by atoms with Crippen LogP contribution < -0.4 is 0 Å². The molecule has 0 aromatic rings. The third-order valence-electron chi connectivity index (χ3n) is 0. The minimum absolute atomic E-state index is 0. The van der Waals surface area contributed by atoms with Crippen LogP contribution in [0.5, 0.6) is 0 Å². The van der Waals surface area contributed by atoms with Crippen molar-refractivity contribution < 1.29 is 13.8 Å². The van der Waals surface area contributed by atoms with Crippen molar-refractivity contribution in [3.05, 3.63) is 0 Å². The first-order valence-electron chi connectivity index (χ1n) is 0. The van der Waals surface area contributed by atoms with Gasteiger partial charge in [-0.25, -0.2) is 0 Å². The first kappa shape index (κ1) is 59.3. The van der Waals surface area contributed by atoms with Crippen molar-refractivity contribution >= 4 is 66.8 Å². The van der Waals surface area contributed by atoms with E-state index in [2.05, 4.69) is 0 Å². The van der Waals surface area contributed by atoms with E-state index in [0.29, 0.717) is 0 Å². The molecule has 0 atom stereocenters. The van der Waals surface area contributed by atoms with Gasteiger partial charge in [0.05, 0.1) is 0 Å². The Morgan fingerprint density at radius 2 is 1.00 bits per heavy atom. The van der Waals surface area contributed by atoms with E-state index in [1.54, 1.807) is 0 Å². The van der Waals surface area contributed by atoms with Gasteiger partial charge in [0.15, 0.2) is 0 Å². The van der Waals surface area contributed by atoms with Crippen molar-refractivity contribution in [3.63, 3.8) is 0 Å². The summed E-state index contributed by atoms with van der Waals surface area (Å²) in [6.07, 6.45) is 0. The molecule has 5 heavy (non-hydrogen) atoms. The van der Waals surface area contributed by atoms with Crippen molar-refractivity contribution in [2.24, 2.45) is 0 Å². The van der Waals surface area contributed by atoms with Crippen molar-refractivity contribution in [3.8, 4) is 0 Å². The molecule has 0 aromatic heterocycles. The van der Waals surface area contributed by atoms with Crippen molar-refractivity contribution in [2.45, 2.75) is 0 Å².